The Balaban J connectivity index is 1.92. The van der Waals surface area contributed by atoms with Gasteiger partial charge in [0.1, 0.15) is 5.70 Å². The zero-order valence-corrected chi connectivity index (χ0v) is 16.9. The van der Waals surface area contributed by atoms with E-state index in [9.17, 15) is 13.2 Å². The smallest absolute Gasteiger partial charge is 0.345 e. The third-order valence-corrected chi connectivity index (χ3v) is 5.58. The molecule has 9 nitrogen and oxygen atoms in total. The fourth-order valence-corrected chi connectivity index (χ4v) is 3.59. The SMILES string of the molecule is COc1ccc(C2=NS(=O)(=O)N(C)C(C(=O)NCc3cccnc3)=C2)cc1OC. The molecule has 0 bridgehead atoms. The molecule has 2 heterocycles. The molecule has 2 aromatic rings. The summed E-state index contributed by atoms with van der Waals surface area (Å²) < 4.78 is 40.1. The Morgan fingerprint density at radius 2 is 1.93 bits per heavy atom. The summed E-state index contributed by atoms with van der Waals surface area (Å²) >= 11 is 0. The lowest BCUT2D eigenvalue weighted by Crippen LogP contribution is -2.38. The zero-order valence-electron chi connectivity index (χ0n) is 16.1. The molecule has 0 fully saturated rings. The van der Waals surface area contributed by atoms with Crippen LogP contribution in [-0.2, 0) is 21.5 Å². The predicted molar refractivity (Wildman–Crippen MR) is 107 cm³/mol. The maximum Gasteiger partial charge on any atom is 0.345 e. The second kappa shape index (κ2) is 8.31. The number of hydrogen-bond donors (Lipinski definition) is 1. The van der Waals surface area contributed by atoms with E-state index in [4.69, 9.17) is 9.47 Å². The molecule has 10 heteroatoms. The van der Waals surface area contributed by atoms with Crippen LogP contribution < -0.4 is 14.8 Å². The maximum atomic E-state index is 12.7. The number of nitrogens with zero attached hydrogens (tertiary/aromatic N) is 3. The van der Waals surface area contributed by atoms with Gasteiger partial charge in [0.15, 0.2) is 11.5 Å². The monoisotopic (exact) mass is 416 g/mol. The van der Waals surface area contributed by atoms with Crippen LogP contribution in [0.2, 0.25) is 0 Å². The van der Waals surface area contributed by atoms with E-state index in [1.165, 1.54) is 27.3 Å². The molecule has 152 valence electrons. The van der Waals surface area contributed by atoms with Gasteiger partial charge in [-0.3, -0.25) is 9.78 Å². The summed E-state index contributed by atoms with van der Waals surface area (Å²) in [5, 5.41) is 2.70. The Labute approximate surface area is 168 Å². The first-order valence-electron chi connectivity index (χ1n) is 8.55. The maximum absolute atomic E-state index is 12.7. The summed E-state index contributed by atoms with van der Waals surface area (Å²) in [5.41, 5.74) is 1.33. The summed E-state index contributed by atoms with van der Waals surface area (Å²) in [4.78, 5) is 16.6. The molecule has 0 aliphatic carbocycles. The number of carbonyl (C=O) groups is 1. The largest absolute Gasteiger partial charge is 0.493 e. The van der Waals surface area contributed by atoms with Crippen molar-refractivity contribution in [3.8, 4) is 11.5 Å². The van der Waals surface area contributed by atoms with Crippen molar-refractivity contribution in [3.63, 3.8) is 0 Å². The quantitative estimate of drug-likeness (QED) is 0.760. The van der Waals surface area contributed by atoms with E-state index in [1.54, 1.807) is 42.7 Å². The van der Waals surface area contributed by atoms with Gasteiger partial charge >= 0.3 is 10.2 Å². The minimum atomic E-state index is -4.06. The molecule has 0 spiro atoms. The Morgan fingerprint density at radius 1 is 1.17 bits per heavy atom. The van der Waals surface area contributed by atoms with E-state index in [-0.39, 0.29) is 18.0 Å². The molecule has 1 amide bonds. The van der Waals surface area contributed by atoms with Crippen molar-refractivity contribution in [2.24, 2.45) is 4.40 Å². The fraction of sp³-hybridized carbons (Fsp3) is 0.211. The molecule has 0 atom stereocenters. The number of nitrogens with one attached hydrogen (secondary N) is 1. The summed E-state index contributed by atoms with van der Waals surface area (Å²) in [5.74, 6) is 0.360. The topological polar surface area (TPSA) is 110 Å². The Bertz CT molecular complexity index is 1080. The molecule has 3 rings (SSSR count). The van der Waals surface area contributed by atoms with Gasteiger partial charge in [-0.1, -0.05) is 6.07 Å². The number of allylic oxidation sites excluding steroid dienone is 1. The number of likely N-dealkylation sites (N-methyl/N-ethyl adjacent to an activating group) is 1. The van der Waals surface area contributed by atoms with Crippen LogP contribution in [0.4, 0.5) is 0 Å². The van der Waals surface area contributed by atoms with Gasteiger partial charge in [0, 0.05) is 31.5 Å². The van der Waals surface area contributed by atoms with E-state index >= 15 is 0 Å². The van der Waals surface area contributed by atoms with Crippen LogP contribution in [0.5, 0.6) is 11.5 Å². The van der Waals surface area contributed by atoms with Gasteiger partial charge in [0.2, 0.25) is 0 Å². The Hall–Kier alpha value is -3.40. The summed E-state index contributed by atoms with van der Waals surface area (Å²) in [6.45, 7) is 0.209. The molecule has 1 aliphatic heterocycles. The highest BCUT2D eigenvalue weighted by Crippen LogP contribution is 2.29. The lowest BCUT2D eigenvalue weighted by molar-refractivity contribution is -0.118. The molecule has 0 saturated heterocycles. The van der Waals surface area contributed by atoms with Crippen molar-refractivity contribution in [1.82, 2.24) is 14.6 Å². The van der Waals surface area contributed by atoms with E-state index in [0.29, 0.717) is 17.1 Å². The summed E-state index contributed by atoms with van der Waals surface area (Å²) in [7, 11) is 0.188. The highest BCUT2D eigenvalue weighted by Gasteiger charge is 2.30. The van der Waals surface area contributed by atoms with Crippen molar-refractivity contribution >= 4 is 21.8 Å². The number of hydrogen-bond acceptors (Lipinski definition) is 6. The zero-order chi connectivity index (χ0) is 21.0. The van der Waals surface area contributed by atoms with Gasteiger partial charge in [0.05, 0.1) is 19.9 Å². The number of ether oxygens (including phenoxy) is 2. The van der Waals surface area contributed by atoms with Crippen molar-refractivity contribution in [2.45, 2.75) is 6.54 Å². The van der Waals surface area contributed by atoms with Crippen LogP contribution in [0.25, 0.3) is 0 Å². The average molecular weight is 416 g/mol. The van der Waals surface area contributed by atoms with Crippen molar-refractivity contribution in [1.29, 1.82) is 0 Å². The molecule has 1 aliphatic rings. The minimum absolute atomic E-state index is 0.0475. The predicted octanol–water partition coefficient (Wildman–Crippen LogP) is 1.28. The van der Waals surface area contributed by atoms with E-state index < -0.39 is 16.1 Å². The Kier molecular flexibility index (Phi) is 5.83. The van der Waals surface area contributed by atoms with Gasteiger partial charge in [-0.15, -0.1) is 4.40 Å². The van der Waals surface area contributed by atoms with Gasteiger partial charge in [0.25, 0.3) is 5.91 Å². The number of aromatic nitrogens is 1. The Morgan fingerprint density at radius 3 is 2.59 bits per heavy atom. The van der Waals surface area contributed by atoms with E-state index in [2.05, 4.69) is 14.7 Å². The number of amides is 1. The van der Waals surface area contributed by atoms with Crippen LogP contribution in [0.1, 0.15) is 11.1 Å². The number of pyridine rings is 1. The first-order valence-corrected chi connectivity index (χ1v) is 9.95. The lowest BCUT2D eigenvalue weighted by atomic mass is 10.1. The molecule has 0 radical (unpaired) electrons. The second-order valence-electron chi connectivity index (χ2n) is 6.07. The first kappa shape index (κ1) is 20.3. The number of carbonyl (C=O) groups excluding carboxylic acids is 1. The highest BCUT2D eigenvalue weighted by atomic mass is 32.2. The number of rotatable bonds is 6. The van der Waals surface area contributed by atoms with Crippen LogP contribution in [0.3, 0.4) is 0 Å². The molecule has 29 heavy (non-hydrogen) atoms. The summed E-state index contributed by atoms with van der Waals surface area (Å²) in [6, 6.07) is 8.43. The molecular formula is C19H20N4O5S. The van der Waals surface area contributed by atoms with Gasteiger partial charge < -0.3 is 14.8 Å². The van der Waals surface area contributed by atoms with E-state index in [1.807, 2.05) is 0 Å². The summed E-state index contributed by atoms with van der Waals surface area (Å²) in [6.07, 6.45) is 4.66. The van der Waals surface area contributed by atoms with Gasteiger partial charge in [-0.25, -0.2) is 4.31 Å². The minimum Gasteiger partial charge on any atom is -0.493 e. The van der Waals surface area contributed by atoms with Crippen molar-refractivity contribution in [3.05, 3.63) is 65.6 Å². The molecule has 1 aromatic heterocycles. The second-order valence-corrected chi connectivity index (χ2v) is 7.69. The van der Waals surface area contributed by atoms with Crippen molar-refractivity contribution < 1.29 is 22.7 Å². The van der Waals surface area contributed by atoms with Gasteiger partial charge in [-0.05, 0) is 35.9 Å². The normalized spacial score (nSPS) is 15.2. The van der Waals surface area contributed by atoms with Crippen LogP contribution in [-0.4, -0.2) is 50.6 Å². The van der Waals surface area contributed by atoms with Crippen LogP contribution >= 0.6 is 0 Å². The first-order chi connectivity index (χ1) is 13.9. The lowest BCUT2D eigenvalue weighted by Gasteiger charge is -2.23. The fourth-order valence-electron chi connectivity index (χ4n) is 2.67. The molecule has 1 N–H and O–H groups in total. The average Bonchev–Trinajstić information content (AvgIpc) is 2.74. The highest BCUT2D eigenvalue weighted by molar-refractivity contribution is 7.88. The third-order valence-electron chi connectivity index (χ3n) is 4.26. The number of benzene rings is 1. The standard InChI is InChI=1S/C19H20N4O5S/c1-23-16(19(24)21-12-13-5-4-8-20-11-13)10-15(22-29(23,25)26)14-6-7-17(27-2)18(9-14)28-3/h4-11H,12H2,1-3H3,(H,21,24). The number of methoxy groups -OCH3 is 2. The molecule has 0 unspecified atom stereocenters. The van der Waals surface area contributed by atoms with Crippen LogP contribution in [0.15, 0.2) is 58.9 Å². The third kappa shape index (κ3) is 4.37. The molecular weight excluding hydrogens is 396 g/mol. The molecule has 1 aromatic carbocycles. The van der Waals surface area contributed by atoms with Crippen molar-refractivity contribution in [2.75, 3.05) is 21.3 Å². The van der Waals surface area contributed by atoms with Crippen LogP contribution in [0, 0.1) is 0 Å². The van der Waals surface area contributed by atoms with E-state index in [0.717, 1.165) is 9.87 Å². The molecule has 0 saturated carbocycles. The van der Waals surface area contributed by atoms with Gasteiger partial charge in [-0.2, -0.15) is 8.42 Å².